The van der Waals surface area contributed by atoms with Gasteiger partial charge in [0, 0.05) is 12.6 Å². The van der Waals surface area contributed by atoms with Gasteiger partial charge in [0.15, 0.2) is 5.65 Å². The highest BCUT2D eigenvalue weighted by atomic mass is 16.5. The van der Waals surface area contributed by atoms with Gasteiger partial charge in [0.25, 0.3) is 5.56 Å². The Labute approximate surface area is 142 Å². The molecule has 0 amide bonds. The summed E-state index contributed by atoms with van der Waals surface area (Å²) in [5.74, 6) is 0.850. The lowest BCUT2D eigenvalue weighted by atomic mass is 10.1. The van der Waals surface area contributed by atoms with Crippen LogP contribution in [0.15, 0.2) is 46.1 Å². The van der Waals surface area contributed by atoms with Crippen LogP contribution in [0.5, 0.6) is 0 Å². The minimum absolute atomic E-state index is 0.163. The molecule has 0 unspecified atom stereocenters. The number of aromatic nitrogens is 6. The van der Waals surface area contributed by atoms with E-state index in [0.29, 0.717) is 22.7 Å². The van der Waals surface area contributed by atoms with Gasteiger partial charge in [-0.2, -0.15) is 10.1 Å². The molecule has 0 radical (unpaired) electrons. The Morgan fingerprint density at radius 1 is 1.20 bits per heavy atom. The second kappa shape index (κ2) is 5.97. The van der Waals surface area contributed by atoms with Crippen molar-refractivity contribution in [3.05, 3.63) is 58.6 Å². The Kier molecular flexibility index (Phi) is 3.64. The fraction of sp³-hybridized carbons (Fsp3) is 0.235. The molecule has 4 rings (SSSR count). The van der Waals surface area contributed by atoms with E-state index in [1.807, 2.05) is 24.3 Å². The highest BCUT2D eigenvalue weighted by Gasteiger charge is 2.12. The van der Waals surface area contributed by atoms with Crippen LogP contribution in [0.2, 0.25) is 0 Å². The third kappa shape index (κ3) is 2.71. The number of benzene rings is 1. The molecule has 1 aromatic carbocycles. The van der Waals surface area contributed by atoms with E-state index in [9.17, 15) is 4.79 Å². The highest BCUT2D eigenvalue weighted by Crippen LogP contribution is 2.17. The summed E-state index contributed by atoms with van der Waals surface area (Å²) in [4.78, 5) is 21.1. The summed E-state index contributed by atoms with van der Waals surface area (Å²) >= 11 is 0. The fourth-order valence-corrected chi connectivity index (χ4v) is 2.65. The molecular weight excluding hydrogens is 320 g/mol. The molecule has 0 atom stereocenters. The van der Waals surface area contributed by atoms with Crippen LogP contribution in [0, 0.1) is 0 Å². The average Bonchev–Trinajstić information content (AvgIpc) is 3.25. The zero-order valence-corrected chi connectivity index (χ0v) is 13.9. The summed E-state index contributed by atoms with van der Waals surface area (Å²) in [5.41, 5.74) is 2.48. The first-order valence-electron chi connectivity index (χ1n) is 7.94. The molecule has 0 fully saturated rings. The first-order valence-corrected chi connectivity index (χ1v) is 7.94. The van der Waals surface area contributed by atoms with Crippen molar-refractivity contribution in [3.8, 4) is 11.4 Å². The maximum atomic E-state index is 12.5. The summed E-state index contributed by atoms with van der Waals surface area (Å²) in [5, 5.41) is 8.51. The Hall–Kier alpha value is -3.29. The van der Waals surface area contributed by atoms with Crippen LogP contribution >= 0.6 is 0 Å². The van der Waals surface area contributed by atoms with Crippen LogP contribution in [-0.2, 0) is 20.0 Å². The lowest BCUT2D eigenvalue weighted by Gasteiger charge is -2.01. The molecule has 126 valence electrons. The van der Waals surface area contributed by atoms with Gasteiger partial charge < -0.3 is 4.52 Å². The van der Waals surface area contributed by atoms with E-state index in [1.165, 1.54) is 22.7 Å². The molecule has 3 aromatic heterocycles. The number of hydrogen-bond acceptors (Lipinski definition) is 6. The summed E-state index contributed by atoms with van der Waals surface area (Å²) < 4.78 is 8.28. The van der Waals surface area contributed by atoms with Gasteiger partial charge >= 0.3 is 0 Å². The molecule has 0 saturated carbocycles. The molecule has 0 saturated heterocycles. The van der Waals surface area contributed by atoms with E-state index in [0.717, 1.165) is 12.0 Å². The number of hydrogen-bond donors (Lipinski definition) is 0. The van der Waals surface area contributed by atoms with E-state index < -0.39 is 0 Å². The maximum Gasteiger partial charge on any atom is 0.264 e. The predicted octanol–water partition coefficient (Wildman–Crippen LogP) is 1.79. The lowest BCUT2D eigenvalue weighted by Crippen LogP contribution is -2.21. The van der Waals surface area contributed by atoms with Crippen molar-refractivity contribution < 1.29 is 4.52 Å². The molecule has 25 heavy (non-hydrogen) atoms. The van der Waals surface area contributed by atoms with Crippen molar-refractivity contribution in [2.24, 2.45) is 7.05 Å². The minimum Gasteiger partial charge on any atom is -0.337 e. The summed E-state index contributed by atoms with van der Waals surface area (Å²) in [6, 6.07) is 8.00. The number of nitrogens with zero attached hydrogens (tertiary/aromatic N) is 6. The number of rotatable bonds is 4. The summed E-state index contributed by atoms with van der Waals surface area (Å²) in [6.45, 7) is 2.27. The third-order valence-electron chi connectivity index (χ3n) is 4.11. The first kappa shape index (κ1) is 15.3. The third-order valence-corrected chi connectivity index (χ3v) is 4.11. The van der Waals surface area contributed by atoms with Crippen molar-refractivity contribution in [2.75, 3.05) is 0 Å². The molecule has 3 heterocycles. The summed E-state index contributed by atoms with van der Waals surface area (Å²) in [7, 11) is 1.74. The van der Waals surface area contributed by atoms with E-state index >= 15 is 0 Å². The standard InChI is InChI=1S/C17H16N6O2/c1-3-11-4-6-12(7-5-11)15-20-14(25-21-15)9-23-10-18-16-13(17(23)24)8-19-22(16)2/h4-8,10H,3,9H2,1-2H3. The van der Waals surface area contributed by atoms with Crippen molar-refractivity contribution in [2.45, 2.75) is 19.9 Å². The Balaban J connectivity index is 1.62. The summed E-state index contributed by atoms with van der Waals surface area (Å²) in [6.07, 6.45) is 3.95. The van der Waals surface area contributed by atoms with Gasteiger partial charge in [-0.15, -0.1) is 0 Å². The molecule has 4 aromatic rings. The van der Waals surface area contributed by atoms with E-state index in [2.05, 4.69) is 27.1 Å². The molecule has 0 aliphatic carbocycles. The highest BCUT2D eigenvalue weighted by molar-refractivity contribution is 5.72. The van der Waals surface area contributed by atoms with Crippen LogP contribution in [0.3, 0.4) is 0 Å². The van der Waals surface area contributed by atoms with Crippen LogP contribution in [-0.4, -0.2) is 29.5 Å². The Bertz CT molecular complexity index is 1090. The quantitative estimate of drug-likeness (QED) is 0.564. The molecular formula is C17H16N6O2. The molecule has 0 bridgehead atoms. The van der Waals surface area contributed by atoms with Crippen LogP contribution < -0.4 is 5.56 Å². The van der Waals surface area contributed by atoms with E-state index in [4.69, 9.17) is 4.52 Å². The second-order valence-electron chi connectivity index (χ2n) is 5.75. The first-order chi connectivity index (χ1) is 12.2. The molecule has 0 N–H and O–H groups in total. The fourth-order valence-electron chi connectivity index (χ4n) is 2.65. The van der Waals surface area contributed by atoms with Gasteiger partial charge in [-0.05, 0) is 12.0 Å². The van der Waals surface area contributed by atoms with Crippen LogP contribution in [0.4, 0.5) is 0 Å². The van der Waals surface area contributed by atoms with E-state index in [1.54, 1.807) is 11.7 Å². The van der Waals surface area contributed by atoms with Gasteiger partial charge in [-0.3, -0.25) is 14.0 Å². The topological polar surface area (TPSA) is 91.6 Å². The molecule has 8 heteroatoms. The molecule has 8 nitrogen and oxygen atoms in total. The van der Waals surface area contributed by atoms with Gasteiger partial charge in [0.1, 0.15) is 18.3 Å². The SMILES string of the molecule is CCc1ccc(-c2noc(Cn3cnc4c(cnn4C)c3=O)n2)cc1. The van der Waals surface area contributed by atoms with Crippen LogP contribution in [0.1, 0.15) is 18.4 Å². The predicted molar refractivity (Wildman–Crippen MR) is 91.0 cm³/mol. The normalized spacial score (nSPS) is 11.3. The minimum atomic E-state index is -0.190. The van der Waals surface area contributed by atoms with E-state index in [-0.39, 0.29) is 12.1 Å². The lowest BCUT2D eigenvalue weighted by molar-refractivity contribution is 0.369. The maximum absolute atomic E-state index is 12.5. The molecule has 0 aliphatic heterocycles. The number of aryl methyl sites for hydroxylation is 2. The van der Waals surface area contributed by atoms with Crippen molar-refractivity contribution in [3.63, 3.8) is 0 Å². The Morgan fingerprint density at radius 3 is 2.76 bits per heavy atom. The van der Waals surface area contributed by atoms with Gasteiger partial charge in [-0.1, -0.05) is 36.3 Å². The van der Waals surface area contributed by atoms with Crippen molar-refractivity contribution in [1.82, 2.24) is 29.5 Å². The number of fused-ring (bicyclic) bond motifs is 1. The van der Waals surface area contributed by atoms with Gasteiger partial charge in [-0.25, -0.2) is 4.98 Å². The van der Waals surface area contributed by atoms with Crippen LogP contribution in [0.25, 0.3) is 22.4 Å². The monoisotopic (exact) mass is 336 g/mol. The second-order valence-corrected chi connectivity index (χ2v) is 5.75. The largest absolute Gasteiger partial charge is 0.337 e. The molecule has 0 spiro atoms. The van der Waals surface area contributed by atoms with Gasteiger partial charge in [0.05, 0.1) is 6.20 Å². The zero-order chi connectivity index (χ0) is 17.4. The average molecular weight is 336 g/mol. The van der Waals surface area contributed by atoms with Crippen molar-refractivity contribution >= 4 is 11.0 Å². The molecule has 0 aliphatic rings. The van der Waals surface area contributed by atoms with Crippen molar-refractivity contribution in [1.29, 1.82) is 0 Å². The zero-order valence-electron chi connectivity index (χ0n) is 13.9. The smallest absolute Gasteiger partial charge is 0.264 e. The van der Waals surface area contributed by atoms with Gasteiger partial charge in [0.2, 0.25) is 11.7 Å². The Morgan fingerprint density at radius 2 is 2.00 bits per heavy atom.